The van der Waals surface area contributed by atoms with Crippen molar-refractivity contribution < 1.29 is 4.79 Å². The molecule has 4 heteroatoms. The van der Waals surface area contributed by atoms with E-state index in [2.05, 4.69) is 22.1 Å². The molecule has 0 atom stereocenters. The van der Waals surface area contributed by atoms with Crippen molar-refractivity contribution in [2.75, 3.05) is 13.1 Å². The van der Waals surface area contributed by atoms with Crippen LogP contribution in [0.1, 0.15) is 18.4 Å². The lowest BCUT2D eigenvalue weighted by atomic mass is 10.1. The van der Waals surface area contributed by atoms with Crippen molar-refractivity contribution in [3.63, 3.8) is 0 Å². The van der Waals surface area contributed by atoms with E-state index in [0.29, 0.717) is 18.6 Å². The van der Waals surface area contributed by atoms with Crippen LogP contribution >= 0.6 is 0 Å². The summed E-state index contributed by atoms with van der Waals surface area (Å²) in [5, 5.41) is 0. The molecule has 1 aliphatic heterocycles. The van der Waals surface area contributed by atoms with E-state index in [9.17, 15) is 4.79 Å². The van der Waals surface area contributed by atoms with Gasteiger partial charge in [-0.25, -0.2) is 4.98 Å². The van der Waals surface area contributed by atoms with E-state index < -0.39 is 0 Å². The van der Waals surface area contributed by atoms with Crippen LogP contribution in [0.25, 0.3) is 5.65 Å². The van der Waals surface area contributed by atoms with Crippen molar-refractivity contribution in [3.05, 3.63) is 36.3 Å². The van der Waals surface area contributed by atoms with Crippen LogP contribution in [0.15, 0.2) is 30.7 Å². The number of piperidine rings is 1. The minimum atomic E-state index is 0.395. The second kappa shape index (κ2) is 4.30. The van der Waals surface area contributed by atoms with Crippen molar-refractivity contribution in [3.8, 4) is 0 Å². The summed E-state index contributed by atoms with van der Waals surface area (Å²) >= 11 is 0. The summed E-state index contributed by atoms with van der Waals surface area (Å²) in [6.07, 6.45) is 7.27. The van der Waals surface area contributed by atoms with Crippen LogP contribution in [0.2, 0.25) is 0 Å². The van der Waals surface area contributed by atoms with E-state index in [4.69, 9.17) is 0 Å². The highest BCUT2D eigenvalue weighted by molar-refractivity contribution is 5.79. The van der Waals surface area contributed by atoms with Crippen LogP contribution in [-0.2, 0) is 11.3 Å². The van der Waals surface area contributed by atoms with Gasteiger partial charge < -0.3 is 4.40 Å². The normalized spacial score (nSPS) is 17.8. The van der Waals surface area contributed by atoms with E-state index in [0.717, 1.165) is 25.3 Å². The summed E-state index contributed by atoms with van der Waals surface area (Å²) in [6.45, 7) is 2.70. The third-order valence-corrected chi connectivity index (χ3v) is 3.27. The smallest absolute Gasteiger partial charge is 0.136 e. The van der Waals surface area contributed by atoms with Crippen LogP contribution in [-0.4, -0.2) is 33.2 Å². The fraction of sp³-hybridized carbons (Fsp3) is 0.385. The summed E-state index contributed by atoms with van der Waals surface area (Å²) < 4.78 is 2.03. The van der Waals surface area contributed by atoms with E-state index in [1.807, 2.05) is 16.7 Å². The molecule has 88 valence electrons. The van der Waals surface area contributed by atoms with Crippen LogP contribution in [0.5, 0.6) is 0 Å². The predicted octanol–water partition coefficient (Wildman–Crippen LogP) is 1.50. The molecule has 0 unspecified atom stereocenters. The molecule has 17 heavy (non-hydrogen) atoms. The second-order valence-electron chi connectivity index (χ2n) is 4.54. The summed E-state index contributed by atoms with van der Waals surface area (Å²) in [5.41, 5.74) is 2.24. The summed E-state index contributed by atoms with van der Waals surface area (Å²) in [4.78, 5) is 17.7. The number of pyridine rings is 1. The van der Waals surface area contributed by atoms with Crippen molar-refractivity contribution in [1.29, 1.82) is 0 Å². The second-order valence-corrected chi connectivity index (χ2v) is 4.54. The highest BCUT2D eigenvalue weighted by Crippen LogP contribution is 2.12. The van der Waals surface area contributed by atoms with Gasteiger partial charge in [-0.05, 0) is 11.6 Å². The summed E-state index contributed by atoms with van der Waals surface area (Å²) in [5.74, 6) is 0.395. The van der Waals surface area contributed by atoms with Gasteiger partial charge >= 0.3 is 0 Å². The molecule has 1 fully saturated rings. The molecule has 2 aromatic heterocycles. The molecule has 0 saturated carbocycles. The highest BCUT2D eigenvalue weighted by Gasteiger charge is 2.16. The average Bonchev–Trinajstić information content (AvgIpc) is 2.79. The van der Waals surface area contributed by atoms with Crippen LogP contribution in [0.4, 0.5) is 0 Å². The van der Waals surface area contributed by atoms with Gasteiger partial charge in [0, 0.05) is 51.1 Å². The zero-order chi connectivity index (χ0) is 11.7. The van der Waals surface area contributed by atoms with E-state index >= 15 is 0 Å². The molecule has 4 nitrogen and oxygen atoms in total. The average molecular weight is 229 g/mol. The maximum absolute atomic E-state index is 11.2. The SMILES string of the molecule is O=C1CCN(Cc2ccc3nccn3c2)CC1. The maximum atomic E-state index is 11.2. The van der Waals surface area contributed by atoms with Gasteiger partial charge in [0.2, 0.25) is 0 Å². The van der Waals surface area contributed by atoms with Crippen molar-refractivity contribution in [2.45, 2.75) is 19.4 Å². The number of carbonyl (C=O) groups is 1. The Morgan fingerprint density at radius 1 is 1.24 bits per heavy atom. The van der Waals surface area contributed by atoms with E-state index in [1.165, 1.54) is 5.56 Å². The molecular weight excluding hydrogens is 214 g/mol. The number of likely N-dealkylation sites (tertiary alicyclic amines) is 1. The topological polar surface area (TPSA) is 37.6 Å². The first-order valence-corrected chi connectivity index (χ1v) is 5.97. The van der Waals surface area contributed by atoms with Gasteiger partial charge in [0.1, 0.15) is 11.4 Å². The first-order valence-electron chi connectivity index (χ1n) is 5.97. The molecule has 0 spiro atoms. The number of Topliss-reactive ketones (excluding diaryl/α,β-unsaturated/α-hetero) is 1. The molecule has 1 aliphatic rings. The van der Waals surface area contributed by atoms with Crippen LogP contribution in [0, 0.1) is 0 Å². The zero-order valence-corrected chi connectivity index (χ0v) is 9.67. The lowest BCUT2D eigenvalue weighted by molar-refractivity contribution is -0.121. The molecular formula is C13H15N3O. The number of hydrogen-bond donors (Lipinski definition) is 0. The molecule has 2 aromatic rings. The fourth-order valence-electron chi connectivity index (χ4n) is 2.28. The van der Waals surface area contributed by atoms with Gasteiger partial charge in [-0.15, -0.1) is 0 Å². The Bertz CT molecular complexity index is 536. The van der Waals surface area contributed by atoms with Crippen LogP contribution < -0.4 is 0 Å². The molecule has 3 rings (SSSR count). The first-order chi connectivity index (χ1) is 8.31. The third kappa shape index (κ3) is 2.22. The van der Waals surface area contributed by atoms with Crippen molar-refractivity contribution in [1.82, 2.24) is 14.3 Å². The third-order valence-electron chi connectivity index (χ3n) is 3.27. The number of fused-ring (bicyclic) bond motifs is 1. The Morgan fingerprint density at radius 3 is 2.88 bits per heavy atom. The van der Waals surface area contributed by atoms with E-state index in [1.54, 1.807) is 6.20 Å². The number of hydrogen-bond acceptors (Lipinski definition) is 3. The summed E-state index contributed by atoms with van der Waals surface area (Å²) in [7, 11) is 0. The number of aromatic nitrogens is 2. The Kier molecular flexibility index (Phi) is 2.65. The Morgan fingerprint density at radius 2 is 2.06 bits per heavy atom. The molecule has 0 bridgehead atoms. The fourth-order valence-corrected chi connectivity index (χ4v) is 2.28. The number of carbonyl (C=O) groups excluding carboxylic acids is 1. The van der Waals surface area contributed by atoms with Crippen LogP contribution in [0.3, 0.4) is 0 Å². The van der Waals surface area contributed by atoms with Gasteiger partial charge in [-0.2, -0.15) is 0 Å². The van der Waals surface area contributed by atoms with Gasteiger partial charge in [0.25, 0.3) is 0 Å². The van der Waals surface area contributed by atoms with Crippen molar-refractivity contribution in [2.24, 2.45) is 0 Å². The largest absolute Gasteiger partial charge is 0.307 e. The van der Waals surface area contributed by atoms with Gasteiger partial charge in [-0.3, -0.25) is 9.69 Å². The molecule has 0 aromatic carbocycles. The van der Waals surface area contributed by atoms with E-state index in [-0.39, 0.29) is 0 Å². The first kappa shape index (κ1) is 10.5. The lowest BCUT2D eigenvalue weighted by Crippen LogP contribution is -2.33. The zero-order valence-electron chi connectivity index (χ0n) is 9.67. The quantitative estimate of drug-likeness (QED) is 0.783. The minimum absolute atomic E-state index is 0.395. The Balaban J connectivity index is 1.73. The monoisotopic (exact) mass is 229 g/mol. The predicted molar refractivity (Wildman–Crippen MR) is 64.7 cm³/mol. The van der Waals surface area contributed by atoms with Crippen molar-refractivity contribution >= 4 is 11.4 Å². The number of rotatable bonds is 2. The van der Waals surface area contributed by atoms with Gasteiger partial charge in [0.05, 0.1) is 0 Å². The highest BCUT2D eigenvalue weighted by atomic mass is 16.1. The molecule has 0 amide bonds. The molecule has 1 saturated heterocycles. The van der Waals surface area contributed by atoms with Gasteiger partial charge in [-0.1, -0.05) is 6.07 Å². The molecule has 0 aliphatic carbocycles. The Hall–Kier alpha value is -1.68. The number of imidazole rings is 1. The minimum Gasteiger partial charge on any atom is -0.307 e. The number of ketones is 1. The van der Waals surface area contributed by atoms with Gasteiger partial charge in [0.15, 0.2) is 0 Å². The standard InChI is InChI=1S/C13H15N3O/c17-12-3-6-15(7-4-12)9-11-1-2-13-14-5-8-16(13)10-11/h1-2,5,8,10H,3-4,6-7,9H2. The Labute approximate surface area is 99.9 Å². The maximum Gasteiger partial charge on any atom is 0.136 e. The lowest BCUT2D eigenvalue weighted by Gasteiger charge is -2.25. The summed E-state index contributed by atoms with van der Waals surface area (Å²) in [6, 6.07) is 4.14. The molecule has 0 radical (unpaired) electrons. The molecule has 0 N–H and O–H groups in total. The molecule has 3 heterocycles. The number of nitrogens with zero attached hydrogens (tertiary/aromatic N) is 3.